The first kappa shape index (κ1) is 29.7. The number of carbonyl (C=O) groups excluding carboxylic acids is 1. The zero-order chi connectivity index (χ0) is 29.4. The number of carboxylic acid groups (broad SMARTS) is 1. The summed E-state index contributed by atoms with van der Waals surface area (Å²) in [5.41, 5.74) is -0.427. The van der Waals surface area contributed by atoms with Crippen LogP contribution in [0.25, 0.3) is 10.6 Å². The van der Waals surface area contributed by atoms with Gasteiger partial charge < -0.3 is 10.0 Å². The van der Waals surface area contributed by atoms with Crippen molar-refractivity contribution < 1.29 is 27.9 Å². The van der Waals surface area contributed by atoms with E-state index >= 15 is 0 Å². The fraction of sp³-hybridized carbons (Fsp3) is 0.500. The summed E-state index contributed by atoms with van der Waals surface area (Å²) in [6.07, 6.45) is 0.695. The van der Waals surface area contributed by atoms with Gasteiger partial charge in [0.1, 0.15) is 17.1 Å². The third kappa shape index (κ3) is 6.20. The molecule has 0 aliphatic carbocycles. The maximum Gasteiger partial charge on any atom is 0.393 e. The fourth-order valence-electron chi connectivity index (χ4n) is 5.38. The highest BCUT2D eigenvalue weighted by Gasteiger charge is 2.51. The Balaban J connectivity index is 1.32. The zero-order valence-corrected chi connectivity index (χ0v) is 24.5. The van der Waals surface area contributed by atoms with Gasteiger partial charge in [0.25, 0.3) is 5.91 Å². The number of nitrogens with one attached hydrogen (secondary N) is 1. The number of aromatic nitrogens is 3. The molecular weight excluding hydrogens is 601 g/mol. The average molecular weight is 629 g/mol. The summed E-state index contributed by atoms with van der Waals surface area (Å²) >= 11 is 8.68. The molecule has 9 nitrogen and oxygen atoms in total. The van der Waals surface area contributed by atoms with Crippen LogP contribution in [0.5, 0.6) is 0 Å². The molecule has 41 heavy (non-hydrogen) atoms. The van der Waals surface area contributed by atoms with E-state index in [2.05, 4.69) is 20.3 Å². The molecule has 3 aromatic heterocycles. The minimum atomic E-state index is -4.24. The normalized spacial score (nSPS) is 21.5. The standard InChI is InChI=1S/C26H28ClF3N6O3S2/c1-2-5-25(23(38)39)6-8-36(25)20-11-31-17(10-32-20)22(37)34-24-33-21(18-9-16(27)14-40-18)19(41-24)13-35-7-3-4-15(12-35)26(28,29)30/h9-11,14-15H,2-8,12-13H2,1H3,(H,38,39)(H,33,34,37). The molecular formula is C26H28ClF3N6O3S2. The number of carboxylic acids is 1. The Morgan fingerprint density at radius 3 is 2.66 bits per heavy atom. The quantitative estimate of drug-likeness (QED) is 0.289. The lowest BCUT2D eigenvalue weighted by molar-refractivity contribution is -0.187. The van der Waals surface area contributed by atoms with Crippen molar-refractivity contribution in [3.8, 4) is 10.6 Å². The Bertz CT molecular complexity index is 1420. The summed E-state index contributed by atoms with van der Waals surface area (Å²) in [4.78, 5) is 43.0. The molecule has 3 aromatic rings. The summed E-state index contributed by atoms with van der Waals surface area (Å²) in [5, 5.41) is 15.1. The fourth-order valence-corrected chi connectivity index (χ4v) is 7.55. The van der Waals surface area contributed by atoms with Crippen molar-refractivity contribution in [2.24, 2.45) is 5.92 Å². The third-order valence-corrected chi connectivity index (χ3v) is 9.77. The maximum absolute atomic E-state index is 13.4. The number of alkyl halides is 3. The summed E-state index contributed by atoms with van der Waals surface area (Å²) in [7, 11) is 0. The van der Waals surface area contributed by atoms with Crippen LogP contribution in [0.1, 0.15) is 54.4 Å². The number of thiazole rings is 1. The molecule has 0 spiro atoms. The van der Waals surface area contributed by atoms with Gasteiger partial charge in [0, 0.05) is 29.9 Å². The van der Waals surface area contributed by atoms with Crippen molar-refractivity contribution in [2.45, 2.75) is 57.3 Å². The van der Waals surface area contributed by atoms with E-state index in [1.807, 2.05) is 6.92 Å². The van der Waals surface area contributed by atoms with Crippen LogP contribution in [0.15, 0.2) is 23.8 Å². The summed E-state index contributed by atoms with van der Waals surface area (Å²) in [6, 6.07) is 1.74. The number of anilines is 2. The van der Waals surface area contributed by atoms with Crippen LogP contribution < -0.4 is 10.2 Å². The molecule has 0 bridgehead atoms. The predicted octanol–water partition coefficient (Wildman–Crippen LogP) is 6.18. The largest absolute Gasteiger partial charge is 0.479 e. The van der Waals surface area contributed by atoms with Crippen molar-refractivity contribution in [1.29, 1.82) is 0 Å². The van der Waals surface area contributed by atoms with E-state index in [4.69, 9.17) is 11.6 Å². The molecule has 0 saturated carbocycles. The maximum atomic E-state index is 13.4. The Kier molecular flexibility index (Phi) is 8.56. The highest BCUT2D eigenvalue weighted by atomic mass is 35.5. The van der Waals surface area contributed by atoms with Crippen LogP contribution in [0.3, 0.4) is 0 Å². The minimum absolute atomic E-state index is 0.0206. The molecule has 220 valence electrons. The van der Waals surface area contributed by atoms with Crippen molar-refractivity contribution in [3.63, 3.8) is 0 Å². The Morgan fingerprint density at radius 1 is 1.27 bits per heavy atom. The number of likely N-dealkylation sites (tertiary alicyclic amines) is 1. The molecule has 5 heterocycles. The molecule has 2 fully saturated rings. The monoisotopic (exact) mass is 628 g/mol. The molecule has 2 unspecified atom stereocenters. The van der Waals surface area contributed by atoms with Crippen molar-refractivity contribution in [1.82, 2.24) is 19.9 Å². The second-order valence-corrected chi connectivity index (χ2v) is 12.7. The van der Waals surface area contributed by atoms with Crippen LogP contribution in [0.2, 0.25) is 5.02 Å². The van der Waals surface area contributed by atoms with Gasteiger partial charge in [-0.2, -0.15) is 13.2 Å². The predicted molar refractivity (Wildman–Crippen MR) is 152 cm³/mol. The number of carbonyl (C=O) groups is 2. The number of rotatable bonds is 9. The van der Waals surface area contributed by atoms with Gasteiger partial charge in [0.2, 0.25) is 0 Å². The van der Waals surface area contributed by atoms with Crippen LogP contribution in [-0.4, -0.2) is 68.2 Å². The van der Waals surface area contributed by atoms with E-state index in [1.54, 1.807) is 21.2 Å². The third-order valence-electron chi connectivity index (χ3n) is 7.53. The first-order valence-electron chi connectivity index (χ1n) is 13.2. The van der Waals surface area contributed by atoms with Crippen LogP contribution in [0, 0.1) is 5.92 Å². The van der Waals surface area contributed by atoms with E-state index < -0.39 is 29.5 Å². The molecule has 1 amide bonds. The molecule has 2 atom stereocenters. The van der Waals surface area contributed by atoms with Crippen LogP contribution >= 0.6 is 34.3 Å². The molecule has 2 saturated heterocycles. The number of amides is 1. The van der Waals surface area contributed by atoms with E-state index in [1.165, 1.54) is 35.1 Å². The number of thiophene rings is 1. The highest BCUT2D eigenvalue weighted by molar-refractivity contribution is 7.17. The van der Waals surface area contributed by atoms with Crippen LogP contribution in [0.4, 0.5) is 24.1 Å². The number of halogens is 4. The molecule has 2 N–H and O–H groups in total. The van der Waals surface area contributed by atoms with Gasteiger partial charge in [0.15, 0.2) is 5.13 Å². The Morgan fingerprint density at radius 2 is 2.07 bits per heavy atom. The molecule has 15 heteroatoms. The van der Waals surface area contributed by atoms with Gasteiger partial charge in [-0.15, -0.1) is 11.3 Å². The Labute approximate surface area is 247 Å². The van der Waals surface area contributed by atoms with Crippen molar-refractivity contribution in [2.75, 3.05) is 29.9 Å². The molecule has 0 radical (unpaired) electrons. The summed E-state index contributed by atoms with van der Waals surface area (Å²) < 4.78 is 40.1. The first-order valence-corrected chi connectivity index (χ1v) is 15.2. The topological polar surface area (TPSA) is 112 Å². The van der Waals surface area contributed by atoms with Gasteiger partial charge in [0.05, 0.1) is 33.9 Å². The van der Waals surface area contributed by atoms with Crippen molar-refractivity contribution in [3.05, 3.63) is 39.4 Å². The van der Waals surface area contributed by atoms with Gasteiger partial charge in [-0.25, -0.2) is 19.7 Å². The lowest BCUT2D eigenvalue weighted by atomic mass is 9.80. The van der Waals surface area contributed by atoms with Crippen molar-refractivity contribution >= 4 is 57.1 Å². The lowest BCUT2D eigenvalue weighted by Crippen LogP contribution is -2.65. The first-order chi connectivity index (χ1) is 19.5. The van der Waals surface area contributed by atoms with Crippen LogP contribution in [-0.2, 0) is 11.3 Å². The highest BCUT2D eigenvalue weighted by Crippen LogP contribution is 2.40. The second-order valence-electron chi connectivity index (χ2n) is 10.2. The van der Waals surface area contributed by atoms with Gasteiger partial charge in [-0.05, 0) is 38.3 Å². The average Bonchev–Trinajstić information content (AvgIpc) is 3.51. The minimum Gasteiger partial charge on any atom is -0.479 e. The second kappa shape index (κ2) is 11.8. The van der Waals surface area contributed by atoms with Gasteiger partial charge >= 0.3 is 12.1 Å². The number of nitrogens with zero attached hydrogens (tertiary/aromatic N) is 5. The SMILES string of the molecule is CCCC1(C(=O)O)CCN1c1cnc(C(=O)Nc2nc(-c3cc(Cl)cs3)c(CN3CCCC(C(F)(F)F)C3)s2)cn1. The van der Waals surface area contributed by atoms with E-state index in [9.17, 15) is 27.9 Å². The number of hydrogen-bond donors (Lipinski definition) is 2. The van der Waals surface area contributed by atoms with Gasteiger partial charge in [-0.3, -0.25) is 15.0 Å². The molecule has 5 rings (SSSR count). The molecule has 0 aromatic carbocycles. The van der Waals surface area contributed by atoms with E-state index in [0.717, 1.165) is 9.75 Å². The number of aliphatic carboxylic acids is 1. The summed E-state index contributed by atoms with van der Waals surface area (Å²) in [5.74, 6) is -2.45. The molecule has 2 aliphatic rings. The molecule has 2 aliphatic heterocycles. The van der Waals surface area contributed by atoms with E-state index in [-0.39, 0.29) is 30.3 Å². The smallest absolute Gasteiger partial charge is 0.393 e. The summed E-state index contributed by atoms with van der Waals surface area (Å²) in [6.45, 7) is 3.17. The zero-order valence-electron chi connectivity index (χ0n) is 22.1. The Hall–Kier alpha value is -2.81. The van der Waals surface area contributed by atoms with Gasteiger partial charge in [-0.1, -0.05) is 36.3 Å². The lowest BCUT2D eigenvalue weighted by Gasteiger charge is -2.50. The van der Waals surface area contributed by atoms with E-state index in [0.29, 0.717) is 55.3 Å². The number of hydrogen-bond acceptors (Lipinski definition) is 9. The number of piperidine rings is 1.